The van der Waals surface area contributed by atoms with Crippen molar-refractivity contribution < 1.29 is 28.6 Å². The van der Waals surface area contributed by atoms with Gasteiger partial charge >= 0.3 is 17.9 Å². The fourth-order valence-electron chi connectivity index (χ4n) is 9.73. The molecule has 0 bridgehead atoms. The van der Waals surface area contributed by atoms with Gasteiger partial charge in [-0.2, -0.15) is 0 Å². The van der Waals surface area contributed by atoms with E-state index in [1.54, 1.807) is 0 Å². The van der Waals surface area contributed by atoms with Crippen LogP contribution in [0, 0.1) is 0 Å². The molecule has 0 aliphatic carbocycles. The lowest BCUT2D eigenvalue weighted by Crippen LogP contribution is -2.17. The van der Waals surface area contributed by atoms with Gasteiger partial charge in [0.2, 0.25) is 0 Å². The third-order valence-electron chi connectivity index (χ3n) is 14.3. The lowest BCUT2D eigenvalue weighted by Gasteiger charge is -2.18. The summed E-state index contributed by atoms with van der Waals surface area (Å²) in [5.41, 5.74) is 3.95. The summed E-state index contributed by atoms with van der Waals surface area (Å²) in [5.74, 6) is -0.195. The molecule has 0 radical (unpaired) electrons. The first-order chi connectivity index (χ1) is 35.0. The van der Waals surface area contributed by atoms with Crippen molar-refractivity contribution in [1.82, 2.24) is 10.6 Å². The van der Waals surface area contributed by atoms with Crippen molar-refractivity contribution >= 4 is 17.9 Å². The van der Waals surface area contributed by atoms with Crippen LogP contribution in [0.4, 0.5) is 0 Å². The Morgan fingerprint density at radius 1 is 0.380 bits per heavy atom. The quantitative estimate of drug-likeness (QED) is 0.0353. The highest BCUT2D eigenvalue weighted by molar-refractivity contribution is 5.70. The summed E-state index contributed by atoms with van der Waals surface area (Å²) >= 11 is 0. The number of allylic oxidation sites excluding steroid dienone is 5. The number of esters is 3. The summed E-state index contributed by atoms with van der Waals surface area (Å²) in [7, 11) is 0. The Labute approximate surface area is 439 Å². The van der Waals surface area contributed by atoms with Crippen LogP contribution in [-0.2, 0) is 28.6 Å². The molecule has 0 spiro atoms. The fraction of sp³-hybridized carbons (Fsp3) is 0.857. The van der Waals surface area contributed by atoms with E-state index in [9.17, 15) is 14.4 Å². The second-order valence-corrected chi connectivity index (χ2v) is 21.1. The largest absolute Gasteiger partial charge is 0.466 e. The molecule has 8 heteroatoms. The van der Waals surface area contributed by atoms with Crippen molar-refractivity contribution in [2.75, 3.05) is 32.9 Å². The number of rotatable bonds is 55. The van der Waals surface area contributed by atoms with Crippen LogP contribution >= 0.6 is 0 Å². The van der Waals surface area contributed by atoms with E-state index in [0.717, 1.165) is 116 Å². The maximum atomic E-state index is 12.7. The third kappa shape index (κ3) is 45.7. The molecule has 8 nitrogen and oxygen atoms in total. The Kier molecular flexibility index (Phi) is 50.2. The first-order valence-corrected chi connectivity index (χ1v) is 31.0. The molecule has 0 amide bonds. The Morgan fingerprint density at radius 3 is 1.11 bits per heavy atom. The third-order valence-corrected chi connectivity index (χ3v) is 14.3. The molecule has 0 saturated carbocycles. The number of unbranched alkanes of at least 4 members (excludes halogenated alkanes) is 33. The highest BCUT2D eigenvalue weighted by Crippen LogP contribution is 2.29. The highest BCUT2D eigenvalue weighted by atomic mass is 16.5. The molecule has 0 fully saturated rings. The predicted molar refractivity (Wildman–Crippen MR) is 303 cm³/mol. The molecule has 414 valence electrons. The van der Waals surface area contributed by atoms with Gasteiger partial charge < -0.3 is 24.8 Å². The van der Waals surface area contributed by atoms with E-state index in [4.69, 9.17) is 14.2 Å². The minimum absolute atomic E-state index is 0.0552. The van der Waals surface area contributed by atoms with Crippen LogP contribution in [0.2, 0.25) is 0 Å². The van der Waals surface area contributed by atoms with Gasteiger partial charge in [0.1, 0.15) is 0 Å². The molecule has 1 aliphatic heterocycles. The second kappa shape index (κ2) is 53.7. The summed E-state index contributed by atoms with van der Waals surface area (Å²) in [6.45, 7) is 10.3. The van der Waals surface area contributed by atoms with Crippen molar-refractivity contribution in [3.8, 4) is 0 Å². The Morgan fingerprint density at radius 2 is 0.718 bits per heavy atom. The van der Waals surface area contributed by atoms with Crippen LogP contribution < -0.4 is 10.6 Å². The maximum absolute atomic E-state index is 12.7. The van der Waals surface area contributed by atoms with Gasteiger partial charge in [-0.1, -0.05) is 219 Å². The summed E-state index contributed by atoms with van der Waals surface area (Å²) in [4.78, 5) is 37.5. The molecule has 0 saturated heterocycles. The lowest BCUT2D eigenvalue weighted by atomic mass is 9.92. The van der Waals surface area contributed by atoms with Gasteiger partial charge in [0.05, 0.1) is 19.8 Å². The summed E-state index contributed by atoms with van der Waals surface area (Å²) in [6.07, 6.45) is 59.4. The van der Waals surface area contributed by atoms with E-state index < -0.39 is 0 Å². The normalized spacial score (nSPS) is 12.5. The Hall–Kier alpha value is -2.61. The number of carbonyl (C=O) groups excluding carboxylic acids is 3. The molecule has 0 atom stereocenters. The van der Waals surface area contributed by atoms with Crippen LogP contribution in [0.5, 0.6) is 0 Å². The van der Waals surface area contributed by atoms with E-state index in [-0.39, 0.29) is 17.9 Å². The van der Waals surface area contributed by atoms with Gasteiger partial charge in [0.25, 0.3) is 0 Å². The summed E-state index contributed by atoms with van der Waals surface area (Å²) in [5, 5.41) is 7.21. The van der Waals surface area contributed by atoms with E-state index in [1.807, 2.05) is 6.20 Å². The molecular formula is C63H116N2O6. The molecule has 1 aliphatic rings. The zero-order valence-electron chi connectivity index (χ0n) is 47.2. The van der Waals surface area contributed by atoms with Crippen LogP contribution in [0.25, 0.3) is 0 Å². The minimum atomic E-state index is -0.0711. The second-order valence-electron chi connectivity index (χ2n) is 21.1. The van der Waals surface area contributed by atoms with Gasteiger partial charge in [-0.15, -0.1) is 0 Å². The number of ether oxygens (including phenoxy) is 3. The van der Waals surface area contributed by atoms with Gasteiger partial charge in [0.15, 0.2) is 0 Å². The average molecular weight is 998 g/mol. The molecule has 0 aromatic carbocycles. The number of carbonyl (C=O) groups is 3. The average Bonchev–Trinajstić information content (AvgIpc) is 3.56. The number of nitrogens with one attached hydrogen (secondary N) is 2. The van der Waals surface area contributed by atoms with Crippen molar-refractivity contribution in [2.24, 2.45) is 0 Å². The molecule has 0 unspecified atom stereocenters. The zero-order chi connectivity index (χ0) is 51.2. The SMILES string of the molecule is CCCCCCCCCCCCCOC(=O)CCCCNCCCC1=CC=CNC(CCCCC(=O)OCCCCCCCCCCCCC)=C1CCCCC(=O)OCCCCCCCCCCCCC. The maximum Gasteiger partial charge on any atom is 0.305 e. The van der Waals surface area contributed by atoms with E-state index in [0.29, 0.717) is 39.1 Å². The van der Waals surface area contributed by atoms with Gasteiger partial charge in [-0.25, -0.2) is 0 Å². The van der Waals surface area contributed by atoms with Crippen molar-refractivity contribution in [1.29, 1.82) is 0 Å². The van der Waals surface area contributed by atoms with Gasteiger partial charge in [-0.3, -0.25) is 14.4 Å². The summed E-state index contributed by atoms with van der Waals surface area (Å²) < 4.78 is 16.8. The summed E-state index contributed by atoms with van der Waals surface area (Å²) in [6, 6.07) is 0. The predicted octanol–water partition coefficient (Wildman–Crippen LogP) is 18.5. The molecule has 1 rings (SSSR count). The lowest BCUT2D eigenvalue weighted by molar-refractivity contribution is -0.144. The van der Waals surface area contributed by atoms with Crippen LogP contribution in [0.15, 0.2) is 35.2 Å². The molecule has 0 aromatic rings. The molecular weight excluding hydrogens is 881 g/mol. The van der Waals surface area contributed by atoms with E-state index in [2.05, 4.69) is 43.6 Å². The first kappa shape index (κ1) is 66.4. The van der Waals surface area contributed by atoms with Gasteiger partial charge in [-0.05, 0) is 114 Å². The monoisotopic (exact) mass is 997 g/mol. The molecule has 2 N–H and O–H groups in total. The van der Waals surface area contributed by atoms with E-state index >= 15 is 0 Å². The number of hydrogen-bond acceptors (Lipinski definition) is 8. The Bertz CT molecular complexity index is 1310. The number of hydrogen-bond donors (Lipinski definition) is 2. The van der Waals surface area contributed by atoms with Gasteiger partial charge in [0, 0.05) is 31.2 Å². The van der Waals surface area contributed by atoms with Crippen LogP contribution in [0.1, 0.15) is 316 Å². The molecule has 71 heavy (non-hydrogen) atoms. The van der Waals surface area contributed by atoms with Crippen molar-refractivity contribution in [3.63, 3.8) is 0 Å². The topological polar surface area (TPSA) is 103 Å². The van der Waals surface area contributed by atoms with Crippen molar-refractivity contribution in [2.45, 2.75) is 316 Å². The van der Waals surface area contributed by atoms with Crippen LogP contribution in [0.3, 0.4) is 0 Å². The smallest absolute Gasteiger partial charge is 0.305 e. The van der Waals surface area contributed by atoms with E-state index in [1.165, 1.54) is 190 Å². The first-order valence-electron chi connectivity index (χ1n) is 31.0. The Balaban J connectivity index is 2.44. The standard InChI is InChI=1S/C63H116N2O6/c1-4-7-10-13-16-19-22-25-28-31-40-55-69-61(66)49-36-34-47-59-58(45-43-53-64-52-39-38-51-63(68)71-57-42-33-30-27-24-21-18-15-12-9-6-3)46-44-54-65-60(59)48-35-37-50-62(67)70-56-41-32-29-26-23-20-17-14-11-8-5-2/h44,46,54,64-65H,4-43,45,47-53,55-57H2,1-3H3. The van der Waals surface area contributed by atoms with Crippen LogP contribution in [-0.4, -0.2) is 50.8 Å². The molecule has 1 heterocycles. The fourth-order valence-corrected chi connectivity index (χ4v) is 9.73. The molecule has 0 aromatic heterocycles. The van der Waals surface area contributed by atoms with Crippen molar-refractivity contribution in [3.05, 3.63) is 35.2 Å². The zero-order valence-corrected chi connectivity index (χ0v) is 47.2. The minimum Gasteiger partial charge on any atom is -0.466 e. The highest BCUT2D eigenvalue weighted by Gasteiger charge is 2.15.